The molecule has 1 aliphatic carbocycles. The number of benzene rings is 1. The van der Waals surface area contributed by atoms with Crippen molar-refractivity contribution in [3.63, 3.8) is 0 Å². The molecule has 1 atom stereocenters. The lowest BCUT2D eigenvalue weighted by atomic mass is 10.1. The SMILES string of the molecule is Cc1ccc(CN2CCN(Cc3nccn3C3CC3)[C@@H](C)C2=O)cc1. The lowest BCUT2D eigenvalue weighted by Gasteiger charge is -2.39. The molecule has 1 amide bonds. The predicted octanol–water partition coefficient (Wildman–Crippen LogP) is 2.76. The summed E-state index contributed by atoms with van der Waals surface area (Å²) in [5.74, 6) is 1.31. The molecule has 5 nitrogen and oxygen atoms in total. The summed E-state index contributed by atoms with van der Waals surface area (Å²) >= 11 is 0. The minimum Gasteiger partial charge on any atom is -0.336 e. The molecular formula is C20H26N4O. The molecule has 132 valence electrons. The van der Waals surface area contributed by atoms with Crippen LogP contribution in [0.1, 0.15) is 42.8 Å². The summed E-state index contributed by atoms with van der Waals surface area (Å²) < 4.78 is 2.29. The molecule has 2 heterocycles. The highest BCUT2D eigenvalue weighted by Crippen LogP contribution is 2.35. The van der Waals surface area contributed by atoms with E-state index in [4.69, 9.17) is 0 Å². The normalized spacial score (nSPS) is 21.8. The van der Waals surface area contributed by atoms with Gasteiger partial charge in [-0.05, 0) is 32.3 Å². The molecule has 0 spiro atoms. The third-order valence-corrected chi connectivity index (χ3v) is 5.40. The van der Waals surface area contributed by atoms with Gasteiger partial charge in [0.2, 0.25) is 5.91 Å². The Morgan fingerprint density at radius 3 is 2.60 bits per heavy atom. The zero-order valence-electron chi connectivity index (χ0n) is 15.1. The number of rotatable bonds is 5. The lowest BCUT2D eigenvalue weighted by molar-refractivity contribution is -0.142. The van der Waals surface area contributed by atoms with Crippen molar-refractivity contribution in [2.75, 3.05) is 13.1 Å². The number of carbonyl (C=O) groups excluding carboxylic acids is 1. The van der Waals surface area contributed by atoms with Crippen molar-refractivity contribution in [2.45, 2.75) is 51.9 Å². The standard InChI is InChI=1S/C20H26N4O/c1-15-3-5-17(6-4-15)13-23-12-11-22(16(2)20(23)25)14-19-21-9-10-24(19)18-7-8-18/h3-6,9-10,16,18H,7-8,11-14H2,1-2H3/t16-/m0/s1. The smallest absolute Gasteiger partial charge is 0.239 e. The zero-order valence-corrected chi connectivity index (χ0v) is 15.1. The average molecular weight is 338 g/mol. The highest BCUT2D eigenvalue weighted by atomic mass is 16.2. The third-order valence-electron chi connectivity index (χ3n) is 5.40. The molecule has 0 bridgehead atoms. The minimum atomic E-state index is -0.0939. The summed E-state index contributed by atoms with van der Waals surface area (Å²) in [5.41, 5.74) is 2.45. The van der Waals surface area contributed by atoms with Crippen LogP contribution in [0.4, 0.5) is 0 Å². The van der Waals surface area contributed by atoms with E-state index in [0.29, 0.717) is 12.6 Å². The maximum absolute atomic E-state index is 12.8. The lowest BCUT2D eigenvalue weighted by Crippen LogP contribution is -2.55. The van der Waals surface area contributed by atoms with Crippen LogP contribution in [0.25, 0.3) is 0 Å². The fraction of sp³-hybridized carbons (Fsp3) is 0.500. The van der Waals surface area contributed by atoms with Crippen molar-refractivity contribution >= 4 is 5.91 Å². The van der Waals surface area contributed by atoms with Crippen LogP contribution in [0.2, 0.25) is 0 Å². The summed E-state index contributed by atoms with van der Waals surface area (Å²) in [6.45, 7) is 7.25. The molecule has 0 unspecified atom stereocenters. The van der Waals surface area contributed by atoms with Gasteiger partial charge in [-0.15, -0.1) is 0 Å². The summed E-state index contributed by atoms with van der Waals surface area (Å²) in [7, 11) is 0. The molecule has 2 aromatic rings. The third kappa shape index (κ3) is 3.47. The van der Waals surface area contributed by atoms with E-state index in [1.807, 2.05) is 18.0 Å². The van der Waals surface area contributed by atoms with Crippen LogP contribution in [0.15, 0.2) is 36.7 Å². The van der Waals surface area contributed by atoms with Crippen LogP contribution >= 0.6 is 0 Å². The quantitative estimate of drug-likeness (QED) is 0.842. The molecule has 1 aliphatic heterocycles. The van der Waals surface area contributed by atoms with E-state index in [0.717, 1.165) is 25.5 Å². The van der Waals surface area contributed by atoms with Gasteiger partial charge in [0, 0.05) is 38.1 Å². The number of hydrogen-bond acceptors (Lipinski definition) is 3. The minimum absolute atomic E-state index is 0.0939. The Labute approximate surface area is 149 Å². The van der Waals surface area contributed by atoms with Gasteiger partial charge in [0.25, 0.3) is 0 Å². The molecule has 1 saturated heterocycles. The van der Waals surface area contributed by atoms with Gasteiger partial charge in [0.15, 0.2) is 0 Å². The van der Waals surface area contributed by atoms with E-state index in [9.17, 15) is 4.79 Å². The van der Waals surface area contributed by atoms with Gasteiger partial charge in [0.05, 0.1) is 12.6 Å². The van der Waals surface area contributed by atoms with Crippen LogP contribution in [-0.2, 0) is 17.9 Å². The number of piperazine rings is 1. The monoisotopic (exact) mass is 338 g/mol. The zero-order chi connectivity index (χ0) is 17.4. The van der Waals surface area contributed by atoms with E-state index in [-0.39, 0.29) is 11.9 Å². The largest absolute Gasteiger partial charge is 0.336 e. The Bertz CT molecular complexity index is 747. The fourth-order valence-electron chi connectivity index (χ4n) is 3.59. The van der Waals surface area contributed by atoms with Gasteiger partial charge in [-0.25, -0.2) is 4.98 Å². The first-order chi connectivity index (χ1) is 12.1. The van der Waals surface area contributed by atoms with Crippen molar-refractivity contribution in [1.82, 2.24) is 19.4 Å². The van der Waals surface area contributed by atoms with Crippen LogP contribution in [0.3, 0.4) is 0 Å². The molecule has 2 aliphatic rings. The number of nitrogens with zero attached hydrogens (tertiary/aromatic N) is 4. The Balaban J connectivity index is 1.40. The van der Waals surface area contributed by atoms with Crippen molar-refractivity contribution in [1.29, 1.82) is 0 Å². The Kier molecular flexibility index (Phi) is 4.34. The van der Waals surface area contributed by atoms with Crippen LogP contribution in [0, 0.1) is 6.92 Å². The van der Waals surface area contributed by atoms with Gasteiger partial charge in [0.1, 0.15) is 5.82 Å². The number of imidazole rings is 1. The van der Waals surface area contributed by atoms with Crippen LogP contribution in [-0.4, -0.2) is 44.4 Å². The van der Waals surface area contributed by atoms with Crippen molar-refractivity contribution < 1.29 is 4.79 Å². The molecular weight excluding hydrogens is 312 g/mol. The molecule has 1 saturated carbocycles. The maximum atomic E-state index is 12.8. The predicted molar refractivity (Wildman–Crippen MR) is 97.0 cm³/mol. The average Bonchev–Trinajstić information content (AvgIpc) is 3.35. The van der Waals surface area contributed by atoms with E-state index >= 15 is 0 Å². The number of aryl methyl sites for hydroxylation is 1. The Hall–Kier alpha value is -2.14. The molecule has 0 radical (unpaired) electrons. The van der Waals surface area contributed by atoms with Gasteiger partial charge in [-0.2, -0.15) is 0 Å². The van der Waals surface area contributed by atoms with E-state index in [2.05, 4.69) is 51.8 Å². The topological polar surface area (TPSA) is 41.4 Å². The van der Waals surface area contributed by atoms with Crippen LogP contribution in [0.5, 0.6) is 0 Å². The summed E-state index contributed by atoms with van der Waals surface area (Å²) in [6.07, 6.45) is 6.46. The second kappa shape index (κ2) is 6.64. The summed E-state index contributed by atoms with van der Waals surface area (Å²) in [6, 6.07) is 8.99. The van der Waals surface area contributed by atoms with E-state index < -0.39 is 0 Å². The fourth-order valence-corrected chi connectivity index (χ4v) is 3.59. The highest BCUT2D eigenvalue weighted by molar-refractivity contribution is 5.82. The number of amides is 1. The van der Waals surface area contributed by atoms with Gasteiger partial charge in [-0.3, -0.25) is 9.69 Å². The second-order valence-corrected chi connectivity index (χ2v) is 7.37. The first-order valence-corrected chi connectivity index (χ1v) is 9.22. The number of aromatic nitrogens is 2. The van der Waals surface area contributed by atoms with Gasteiger partial charge < -0.3 is 9.47 Å². The van der Waals surface area contributed by atoms with Crippen molar-refractivity contribution in [2.24, 2.45) is 0 Å². The Morgan fingerprint density at radius 1 is 1.12 bits per heavy atom. The summed E-state index contributed by atoms with van der Waals surface area (Å²) in [5, 5.41) is 0. The Morgan fingerprint density at radius 2 is 1.88 bits per heavy atom. The van der Waals surface area contributed by atoms with Gasteiger partial charge >= 0.3 is 0 Å². The highest BCUT2D eigenvalue weighted by Gasteiger charge is 2.33. The molecule has 1 aromatic carbocycles. The number of hydrogen-bond donors (Lipinski definition) is 0. The van der Waals surface area contributed by atoms with Crippen molar-refractivity contribution in [3.8, 4) is 0 Å². The molecule has 4 rings (SSSR count). The number of carbonyl (C=O) groups is 1. The summed E-state index contributed by atoms with van der Waals surface area (Å²) in [4.78, 5) is 21.6. The molecule has 0 N–H and O–H groups in total. The second-order valence-electron chi connectivity index (χ2n) is 7.37. The maximum Gasteiger partial charge on any atom is 0.239 e. The van der Waals surface area contributed by atoms with Gasteiger partial charge in [-0.1, -0.05) is 29.8 Å². The molecule has 25 heavy (non-hydrogen) atoms. The van der Waals surface area contributed by atoms with E-state index in [1.54, 1.807) is 0 Å². The van der Waals surface area contributed by atoms with E-state index in [1.165, 1.54) is 24.0 Å². The molecule has 5 heteroatoms. The van der Waals surface area contributed by atoms with Crippen LogP contribution < -0.4 is 0 Å². The first kappa shape index (κ1) is 16.3. The molecule has 2 fully saturated rings. The van der Waals surface area contributed by atoms with Crippen molar-refractivity contribution in [3.05, 3.63) is 53.6 Å². The first-order valence-electron chi connectivity index (χ1n) is 9.22. The molecule has 1 aromatic heterocycles.